The first-order valence-electron chi connectivity index (χ1n) is 6.27. The van der Waals surface area contributed by atoms with Gasteiger partial charge in [0.15, 0.2) is 0 Å². The van der Waals surface area contributed by atoms with Crippen molar-refractivity contribution in [3.05, 3.63) is 57.3 Å². The van der Waals surface area contributed by atoms with Crippen LogP contribution in [-0.2, 0) is 0 Å². The fourth-order valence-corrected chi connectivity index (χ4v) is 2.95. The maximum absolute atomic E-state index is 13.4. The van der Waals surface area contributed by atoms with Crippen molar-refractivity contribution in [1.82, 2.24) is 0 Å². The predicted molar refractivity (Wildman–Crippen MR) is 82.0 cm³/mol. The fraction of sp³-hybridized carbons (Fsp3) is 0.200. The number of anilines is 1. The lowest BCUT2D eigenvalue weighted by atomic mass is 10.0. The molecule has 0 fully saturated rings. The van der Waals surface area contributed by atoms with Crippen molar-refractivity contribution in [2.75, 3.05) is 11.9 Å². The smallest absolute Gasteiger partial charge is 0.126 e. The maximum Gasteiger partial charge on any atom is 0.126 e. The largest absolute Gasteiger partial charge is 0.493 e. The maximum atomic E-state index is 13.4. The van der Waals surface area contributed by atoms with Crippen LogP contribution in [0.1, 0.15) is 18.0 Å². The number of ether oxygens (including phenoxy) is 1. The van der Waals surface area contributed by atoms with E-state index in [1.165, 1.54) is 12.1 Å². The Kier molecular flexibility index (Phi) is 3.85. The summed E-state index contributed by atoms with van der Waals surface area (Å²) in [5.74, 6) is 0.515. The van der Waals surface area contributed by atoms with Crippen LogP contribution in [0.4, 0.5) is 10.1 Å². The van der Waals surface area contributed by atoms with Crippen molar-refractivity contribution in [1.29, 1.82) is 0 Å². The second kappa shape index (κ2) is 5.62. The quantitative estimate of drug-likeness (QED) is 0.801. The Labute approximate surface area is 130 Å². The average Bonchev–Trinajstić information content (AvgIpc) is 2.38. The number of rotatable bonds is 2. The zero-order valence-electron chi connectivity index (χ0n) is 10.5. The second-order valence-corrected chi connectivity index (χ2v) is 6.03. The molecule has 1 atom stereocenters. The second-order valence-electron chi connectivity index (χ2n) is 4.67. The lowest BCUT2D eigenvalue weighted by Crippen LogP contribution is -2.20. The standard InChI is InChI=1S/C15H12BrClFNO/c16-9-1-2-15-13(5-9)14(3-4-20-15)19-12-7-10(17)6-11(18)8-12/h1-2,5-8,14,19H,3-4H2. The Bertz CT molecular complexity index is 630. The normalized spacial score (nSPS) is 17.2. The molecular weight excluding hydrogens is 345 g/mol. The third-order valence-corrected chi connectivity index (χ3v) is 3.93. The summed E-state index contributed by atoms with van der Waals surface area (Å²) in [7, 11) is 0. The molecule has 3 rings (SSSR count). The molecule has 104 valence electrons. The van der Waals surface area contributed by atoms with Crippen LogP contribution < -0.4 is 10.1 Å². The van der Waals surface area contributed by atoms with Crippen LogP contribution >= 0.6 is 27.5 Å². The Hall–Kier alpha value is -1.26. The summed E-state index contributed by atoms with van der Waals surface area (Å²) in [6.07, 6.45) is 0.817. The van der Waals surface area contributed by atoms with Gasteiger partial charge in [-0.1, -0.05) is 27.5 Å². The van der Waals surface area contributed by atoms with Crippen molar-refractivity contribution in [2.24, 2.45) is 0 Å². The Morgan fingerprint density at radius 1 is 1.25 bits per heavy atom. The number of nitrogens with one attached hydrogen (secondary N) is 1. The van der Waals surface area contributed by atoms with Crippen molar-refractivity contribution in [3.63, 3.8) is 0 Å². The molecule has 0 amide bonds. The SMILES string of the molecule is Fc1cc(Cl)cc(NC2CCOc3ccc(Br)cc32)c1. The number of benzene rings is 2. The first-order valence-corrected chi connectivity index (χ1v) is 7.44. The van der Waals surface area contributed by atoms with Crippen molar-refractivity contribution >= 4 is 33.2 Å². The number of fused-ring (bicyclic) bond motifs is 1. The highest BCUT2D eigenvalue weighted by Crippen LogP contribution is 2.36. The molecule has 1 unspecified atom stereocenters. The van der Waals surface area contributed by atoms with Gasteiger partial charge < -0.3 is 10.1 Å². The molecule has 2 aromatic rings. The fourth-order valence-electron chi connectivity index (χ4n) is 2.35. The monoisotopic (exact) mass is 355 g/mol. The molecule has 0 aliphatic carbocycles. The number of hydrogen-bond donors (Lipinski definition) is 1. The van der Waals surface area contributed by atoms with Crippen molar-refractivity contribution < 1.29 is 9.13 Å². The van der Waals surface area contributed by atoms with Crippen LogP contribution in [0.25, 0.3) is 0 Å². The van der Waals surface area contributed by atoms with Gasteiger partial charge in [-0.25, -0.2) is 4.39 Å². The van der Waals surface area contributed by atoms with E-state index in [0.717, 1.165) is 22.2 Å². The van der Waals surface area contributed by atoms with E-state index in [2.05, 4.69) is 21.2 Å². The molecular formula is C15H12BrClFNO. The lowest BCUT2D eigenvalue weighted by Gasteiger charge is -2.27. The summed E-state index contributed by atoms with van der Waals surface area (Å²) in [5.41, 5.74) is 1.74. The molecule has 20 heavy (non-hydrogen) atoms. The average molecular weight is 357 g/mol. The van der Waals surface area contributed by atoms with Gasteiger partial charge in [-0.2, -0.15) is 0 Å². The Morgan fingerprint density at radius 2 is 2.10 bits per heavy atom. The minimum absolute atomic E-state index is 0.0779. The van der Waals surface area contributed by atoms with Gasteiger partial charge in [0.05, 0.1) is 12.6 Å². The topological polar surface area (TPSA) is 21.3 Å². The van der Waals surface area contributed by atoms with E-state index in [9.17, 15) is 4.39 Å². The van der Waals surface area contributed by atoms with Crippen LogP contribution in [-0.4, -0.2) is 6.61 Å². The van der Waals surface area contributed by atoms with Crippen molar-refractivity contribution in [3.8, 4) is 5.75 Å². The number of halogens is 3. The number of hydrogen-bond acceptors (Lipinski definition) is 2. The molecule has 1 heterocycles. The molecule has 0 bridgehead atoms. The molecule has 0 aromatic heterocycles. The summed E-state index contributed by atoms with van der Waals surface area (Å²) < 4.78 is 20.0. The van der Waals surface area contributed by atoms with E-state index in [-0.39, 0.29) is 11.9 Å². The minimum atomic E-state index is -0.346. The van der Waals surface area contributed by atoms with Gasteiger partial charge in [-0.05, 0) is 36.4 Å². The highest BCUT2D eigenvalue weighted by Gasteiger charge is 2.21. The molecule has 0 saturated carbocycles. The predicted octanol–water partition coefficient (Wildman–Crippen LogP) is 5.18. The van der Waals surface area contributed by atoms with Crippen LogP contribution in [0.15, 0.2) is 40.9 Å². The molecule has 0 radical (unpaired) electrons. The van der Waals surface area contributed by atoms with E-state index in [1.807, 2.05) is 18.2 Å². The molecule has 0 spiro atoms. The van der Waals surface area contributed by atoms with E-state index in [0.29, 0.717) is 17.3 Å². The van der Waals surface area contributed by atoms with Gasteiger partial charge in [0.2, 0.25) is 0 Å². The van der Waals surface area contributed by atoms with Crippen LogP contribution in [0.2, 0.25) is 5.02 Å². The van der Waals surface area contributed by atoms with Crippen molar-refractivity contribution in [2.45, 2.75) is 12.5 Å². The van der Waals surface area contributed by atoms with E-state index in [1.54, 1.807) is 6.07 Å². The van der Waals surface area contributed by atoms with E-state index < -0.39 is 0 Å². The van der Waals surface area contributed by atoms with Gasteiger partial charge in [0.1, 0.15) is 11.6 Å². The van der Waals surface area contributed by atoms with Gasteiger partial charge in [-0.15, -0.1) is 0 Å². The Morgan fingerprint density at radius 3 is 2.90 bits per heavy atom. The summed E-state index contributed by atoms with van der Waals surface area (Å²) in [5, 5.41) is 3.70. The zero-order valence-corrected chi connectivity index (χ0v) is 12.8. The van der Waals surface area contributed by atoms with E-state index >= 15 is 0 Å². The molecule has 2 nitrogen and oxygen atoms in total. The lowest BCUT2D eigenvalue weighted by molar-refractivity contribution is 0.274. The minimum Gasteiger partial charge on any atom is -0.493 e. The molecule has 2 aromatic carbocycles. The first-order chi connectivity index (χ1) is 9.61. The van der Waals surface area contributed by atoms with E-state index in [4.69, 9.17) is 16.3 Å². The first kappa shape index (κ1) is 13.7. The van der Waals surface area contributed by atoms with Gasteiger partial charge in [0.25, 0.3) is 0 Å². The summed E-state index contributed by atoms with van der Waals surface area (Å²) in [4.78, 5) is 0. The molecule has 1 N–H and O–H groups in total. The zero-order chi connectivity index (χ0) is 14.1. The van der Waals surface area contributed by atoms with Crippen LogP contribution in [0.3, 0.4) is 0 Å². The molecule has 5 heteroatoms. The van der Waals surface area contributed by atoms with Gasteiger partial charge in [0, 0.05) is 27.2 Å². The highest BCUT2D eigenvalue weighted by atomic mass is 79.9. The molecule has 1 aliphatic rings. The van der Waals surface area contributed by atoms with Crippen LogP contribution in [0.5, 0.6) is 5.75 Å². The third kappa shape index (κ3) is 2.91. The van der Waals surface area contributed by atoms with Crippen LogP contribution in [0, 0.1) is 5.82 Å². The summed E-state index contributed by atoms with van der Waals surface area (Å²) in [6, 6.07) is 10.4. The third-order valence-electron chi connectivity index (χ3n) is 3.21. The summed E-state index contributed by atoms with van der Waals surface area (Å²) >= 11 is 9.34. The highest BCUT2D eigenvalue weighted by molar-refractivity contribution is 9.10. The van der Waals surface area contributed by atoms with Gasteiger partial charge in [-0.3, -0.25) is 0 Å². The molecule has 0 saturated heterocycles. The van der Waals surface area contributed by atoms with Gasteiger partial charge >= 0.3 is 0 Å². The Balaban J connectivity index is 1.91. The molecule has 1 aliphatic heterocycles. The summed E-state index contributed by atoms with van der Waals surface area (Å²) in [6.45, 7) is 0.634.